The average Bonchev–Trinajstić information content (AvgIpc) is 3.50. The van der Waals surface area contributed by atoms with Gasteiger partial charge >= 0.3 is 11.8 Å². The number of aliphatic hydroxyl groups is 2. The van der Waals surface area contributed by atoms with Gasteiger partial charge in [-0.25, -0.2) is 5.43 Å². The Morgan fingerprint density at radius 1 is 0.935 bits per heavy atom. The van der Waals surface area contributed by atoms with Gasteiger partial charge in [0.1, 0.15) is 23.4 Å². The van der Waals surface area contributed by atoms with Crippen LogP contribution in [0.1, 0.15) is 80.3 Å². The monoisotopic (exact) mass is 858 g/mol. The van der Waals surface area contributed by atoms with Crippen LogP contribution in [0.3, 0.4) is 0 Å². The molecule has 3 aliphatic rings. The third-order valence-corrected chi connectivity index (χ3v) is 11.6. The SMILES string of the molecule is CO[C@@H]1C=CO[C@@]2(C)Oc3c(C)c(O)c4c(O)c(c(C=NNC(=O)c5ccc(N)cc5)c(O)c4c3C2=O)NC(=O)C(C)=CC=C[C@H](C)[C@H](O)[C@H](C)[C@H](O)[C@H](C)[C@H](OC(C)=O)[C@@H]1C. The third-order valence-electron chi connectivity index (χ3n) is 11.6. The number of nitrogens with zero attached hydrogens (tertiary/aromatic N) is 1. The number of amides is 2. The Balaban J connectivity index is 1.70. The molecule has 17 nitrogen and oxygen atoms in total. The molecule has 0 fully saturated rings. The lowest BCUT2D eigenvalue weighted by Crippen LogP contribution is -2.46. The van der Waals surface area contributed by atoms with Crippen LogP contribution in [0.15, 0.2) is 65.5 Å². The fraction of sp³-hybridized carbons (Fsp3) is 0.400. The number of nitrogens with two attached hydrogens (primary N) is 1. The van der Waals surface area contributed by atoms with Gasteiger partial charge < -0.3 is 55.5 Å². The molecule has 0 spiro atoms. The Hall–Kier alpha value is -6.43. The quantitative estimate of drug-likeness (QED) is 0.0415. The predicted molar refractivity (Wildman–Crippen MR) is 230 cm³/mol. The van der Waals surface area contributed by atoms with Crippen molar-refractivity contribution in [1.82, 2.24) is 5.43 Å². The number of allylic oxidation sites excluding steroid dienone is 2. The van der Waals surface area contributed by atoms with Crippen LogP contribution in [-0.4, -0.2) is 92.6 Å². The van der Waals surface area contributed by atoms with E-state index in [2.05, 4.69) is 15.8 Å². The van der Waals surface area contributed by atoms with Crippen LogP contribution in [0.5, 0.6) is 23.0 Å². The summed E-state index contributed by atoms with van der Waals surface area (Å²) in [5, 5.41) is 64.0. The first-order chi connectivity index (χ1) is 29.1. The van der Waals surface area contributed by atoms with Gasteiger partial charge in [-0.15, -0.1) is 0 Å². The van der Waals surface area contributed by atoms with Crippen LogP contribution in [0.25, 0.3) is 10.8 Å². The van der Waals surface area contributed by atoms with Crippen molar-refractivity contribution in [2.24, 2.45) is 28.8 Å². The Morgan fingerprint density at radius 2 is 1.60 bits per heavy atom. The second-order valence-electron chi connectivity index (χ2n) is 15.9. The molecule has 9 N–H and O–H groups in total. The van der Waals surface area contributed by atoms with E-state index in [1.54, 1.807) is 33.8 Å². The first-order valence-electron chi connectivity index (χ1n) is 19.9. The zero-order valence-corrected chi connectivity index (χ0v) is 35.9. The first kappa shape index (κ1) is 46.6. The summed E-state index contributed by atoms with van der Waals surface area (Å²) >= 11 is 0. The number of phenols is 3. The van der Waals surface area contributed by atoms with E-state index in [0.29, 0.717) is 5.69 Å². The third kappa shape index (κ3) is 9.10. The molecule has 0 saturated heterocycles. The number of nitrogens with one attached hydrogen (secondary N) is 2. The minimum atomic E-state index is -2.12. The number of esters is 1. The number of nitrogen functional groups attached to an aromatic ring is 1. The Morgan fingerprint density at radius 3 is 2.23 bits per heavy atom. The van der Waals surface area contributed by atoms with Gasteiger partial charge in [0.05, 0.1) is 53.0 Å². The van der Waals surface area contributed by atoms with Crippen molar-refractivity contribution in [2.75, 3.05) is 18.2 Å². The van der Waals surface area contributed by atoms with Gasteiger partial charge in [0.25, 0.3) is 17.6 Å². The number of aliphatic hydroxyl groups excluding tert-OH is 2. The molecule has 9 atom stereocenters. The number of aromatic hydroxyl groups is 3. The smallest absolute Gasteiger partial charge is 0.312 e. The van der Waals surface area contributed by atoms with Crippen LogP contribution in [0, 0.1) is 30.6 Å². The highest BCUT2D eigenvalue weighted by Crippen LogP contribution is 2.55. The number of carbonyl (C=O) groups excluding carboxylic acids is 4. The number of fused-ring (bicyclic) bond motifs is 14. The summed E-state index contributed by atoms with van der Waals surface area (Å²) in [5.41, 5.74) is 7.63. The minimum absolute atomic E-state index is 0.0151. The van der Waals surface area contributed by atoms with E-state index < -0.39 is 106 Å². The molecule has 6 rings (SSSR count). The summed E-state index contributed by atoms with van der Waals surface area (Å²) in [5.74, 6) is -9.93. The van der Waals surface area contributed by atoms with Crippen molar-refractivity contribution < 1.29 is 63.7 Å². The maximum Gasteiger partial charge on any atom is 0.312 e. The number of benzene rings is 3. The Bertz CT molecular complexity index is 2370. The second kappa shape index (κ2) is 18.7. The van der Waals surface area contributed by atoms with Crippen LogP contribution >= 0.6 is 0 Å². The summed E-state index contributed by atoms with van der Waals surface area (Å²) in [6.07, 6.45) is 4.11. The van der Waals surface area contributed by atoms with Crippen LogP contribution in [-0.2, 0) is 23.8 Å². The highest BCUT2D eigenvalue weighted by molar-refractivity contribution is 6.24. The van der Waals surface area contributed by atoms with Crippen molar-refractivity contribution in [3.8, 4) is 23.0 Å². The van der Waals surface area contributed by atoms with Gasteiger partial charge in [0, 0.05) is 72.4 Å². The molecule has 0 saturated carbocycles. The number of hydrogen-bond donors (Lipinski definition) is 8. The van der Waals surface area contributed by atoms with E-state index in [1.165, 1.54) is 77.3 Å². The highest BCUT2D eigenvalue weighted by atomic mass is 16.7. The fourth-order valence-electron chi connectivity index (χ4n) is 7.73. The maximum atomic E-state index is 14.4. The summed E-state index contributed by atoms with van der Waals surface area (Å²) < 4.78 is 23.5. The Labute approximate surface area is 358 Å². The molecule has 3 aliphatic heterocycles. The number of anilines is 2. The lowest BCUT2D eigenvalue weighted by Gasteiger charge is -2.38. The molecule has 2 amide bonds. The minimum Gasteiger partial charge on any atom is -0.507 e. The molecule has 17 heteroatoms. The van der Waals surface area contributed by atoms with Crippen molar-refractivity contribution in [3.63, 3.8) is 0 Å². The maximum absolute atomic E-state index is 14.4. The van der Waals surface area contributed by atoms with Gasteiger partial charge in [-0.05, 0) is 44.2 Å². The number of Topliss-reactive ketones (excluding diaryl/α,β-unsaturated/α-hetero) is 1. The molecular formula is C45H54N4O13. The predicted octanol–water partition coefficient (Wildman–Crippen LogP) is 5.10. The number of hydrazone groups is 1. The molecule has 3 aromatic carbocycles. The van der Waals surface area contributed by atoms with Crippen molar-refractivity contribution in [2.45, 2.75) is 85.6 Å². The molecule has 0 aliphatic carbocycles. The molecule has 0 unspecified atom stereocenters. The van der Waals surface area contributed by atoms with Gasteiger partial charge in [-0.1, -0.05) is 45.9 Å². The zero-order valence-electron chi connectivity index (χ0n) is 35.9. The number of carbonyl (C=O) groups is 4. The molecule has 3 heterocycles. The van der Waals surface area contributed by atoms with Crippen LogP contribution in [0.2, 0.25) is 0 Å². The lowest BCUT2D eigenvalue weighted by molar-refractivity contribution is -0.160. The molecule has 62 heavy (non-hydrogen) atoms. The van der Waals surface area contributed by atoms with Gasteiger partial charge in [0.2, 0.25) is 0 Å². The van der Waals surface area contributed by atoms with E-state index >= 15 is 0 Å². The average molecular weight is 859 g/mol. The number of phenolic OH excluding ortho intramolecular Hbond substituents is 3. The van der Waals surface area contributed by atoms with Crippen molar-refractivity contribution in [3.05, 3.63) is 82.7 Å². The van der Waals surface area contributed by atoms with E-state index in [0.717, 1.165) is 12.5 Å². The summed E-state index contributed by atoms with van der Waals surface area (Å²) in [4.78, 5) is 53.4. The van der Waals surface area contributed by atoms with Crippen molar-refractivity contribution >= 4 is 51.9 Å². The lowest BCUT2D eigenvalue weighted by atomic mass is 9.78. The fourth-order valence-corrected chi connectivity index (χ4v) is 7.73. The number of ketones is 1. The summed E-state index contributed by atoms with van der Waals surface area (Å²) in [7, 11) is 1.41. The van der Waals surface area contributed by atoms with Crippen LogP contribution < -0.4 is 21.2 Å². The van der Waals surface area contributed by atoms with E-state index in [1.807, 2.05) is 0 Å². The van der Waals surface area contributed by atoms with E-state index in [9.17, 15) is 44.7 Å². The number of ether oxygens (including phenoxy) is 4. The molecule has 5 bridgehead atoms. The standard InChI is InChI=1S/C45H54N4O13/c1-20-11-10-12-21(2)43(57)48-34-29(19-47-49-44(58)27-13-15-28(46)16-14-27)38(54)31-32(39(34)55)37(53)25(6)41-33(31)42(56)45(8,62-41)60-18-17-30(59-9)22(3)40(61-26(7)50)24(5)36(52)23(4)35(20)51/h10-20,22-24,30,35-36,40,51-55H,46H2,1-9H3,(H,48,57)(H,49,58)/t20-,22+,23-,24-,30+,35-,36-,40+,45-/m0/s1. The topological polar surface area (TPSA) is 269 Å². The molecule has 0 aromatic heterocycles. The zero-order chi connectivity index (χ0) is 46.0. The number of rotatable bonds is 5. The van der Waals surface area contributed by atoms with Gasteiger partial charge in [0.15, 0.2) is 5.75 Å². The van der Waals surface area contributed by atoms with Crippen LogP contribution in [0.4, 0.5) is 11.4 Å². The molecule has 3 aromatic rings. The second-order valence-corrected chi connectivity index (χ2v) is 15.9. The number of hydrogen-bond acceptors (Lipinski definition) is 15. The van der Waals surface area contributed by atoms with Gasteiger partial charge in [-0.2, -0.15) is 5.10 Å². The van der Waals surface area contributed by atoms with E-state index in [4.69, 9.17) is 24.7 Å². The van der Waals surface area contributed by atoms with Gasteiger partial charge in [-0.3, -0.25) is 19.2 Å². The summed E-state index contributed by atoms with van der Waals surface area (Å²) in [6.45, 7) is 12.2. The highest BCUT2D eigenvalue weighted by Gasteiger charge is 2.50. The Kier molecular flexibility index (Phi) is 14.0. The van der Waals surface area contributed by atoms with E-state index in [-0.39, 0.29) is 39.0 Å². The normalized spacial score (nSPS) is 27.2. The largest absolute Gasteiger partial charge is 0.507 e. The molecule has 0 radical (unpaired) electrons. The number of methoxy groups -OCH3 is 1. The summed E-state index contributed by atoms with van der Waals surface area (Å²) in [6, 6.07) is 5.93. The molecular weight excluding hydrogens is 805 g/mol. The van der Waals surface area contributed by atoms with Crippen molar-refractivity contribution in [1.29, 1.82) is 0 Å². The first-order valence-corrected chi connectivity index (χ1v) is 19.9. The molecule has 332 valence electrons.